The zero-order valence-corrected chi connectivity index (χ0v) is 19.4. The van der Waals surface area contributed by atoms with Gasteiger partial charge in [-0.05, 0) is 48.6 Å². The molecule has 32 heavy (non-hydrogen) atoms. The number of carbonyl (C=O) groups is 2. The first-order chi connectivity index (χ1) is 15.4. The Morgan fingerprint density at radius 1 is 1.12 bits per heavy atom. The van der Waals surface area contributed by atoms with Gasteiger partial charge in [0.05, 0.1) is 25.5 Å². The number of methoxy groups -OCH3 is 1. The molecule has 2 amide bonds. The maximum Gasteiger partial charge on any atom is 0.409 e. The highest BCUT2D eigenvalue weighted by atomic mass is 16.6. The van der Waals surface area contributed by atoms with Gasteiger partial charge in [-0.2, -0.15) is 0 Å². The largest absolute Gasteiger partial charge is 0.497 e. The Labute approximate surface area is 190 Å². The van der Waals surface area contributed by atoms with E-state index >= 15 is 0 Å². The second-order valence-corrected chi connectivity index (χ2v) is 8.61. The van der Waals surface area contributed by atoms with E-state index in [9.17, 15) is 9.59 Å². The van der Waals surface area contributed by atoms with Gasteiger partial charge in [-0.1, -0.05) is 32.0 Å². The molecule has 1 aliphatic rings. The highest BCUT2D eigenvalue weighted by Gasteiger charge is 2.33. The van der Waals surface area contributed by atoms with Crippen LogP contribution in [0.1, 0.15) is 44.0 Å². The van der Waals surface area contributed by atoms with E-state index in [2.05, 4.69) is 4.98 Å². The van der Waals surface area contributed by atoms with Crippen LogP contribution in [0, 0.1) is 11.8 Å². The third-order valence-electron chi connectivity index (χ3n) is 5.78. The van der Waals surface area contributed by atoms with Gasteiger partial charge in [-0.25, -0.2) is 4.79 Å². The molecule has 7 heteroatoms. The predicted octanol–water partition coefficient (Wildman–Crippen LogP) is 4.14. The first kappa shape index (κ1) is 23.6. The van der Waals surface area contributed by atoms with Crippen LogP contribution in [-0.2, 0) is 9.53 Å². The van der Waals surface area contributed by atoms with E-state index in [1.165, 1.54) is 0 Å². The molecular weight excluding hydrogens is 406 g/mol. The average Bonchev–Trinajstić information content (AvgIpc) is 2.83. The second-order valence-electron chi connectivity index (χ2n) is 8.61. The summed E-state index contributed by atoms with van der Waals surface area (Å²) in [5.41, 5.74) is 1.78. The van der Waals surface area contributed by atoms with E-state index in [0.717, 1.165) is 17.0 Å². The van der Waals surface area contributed by atoms with Gasteiger partial charge in [0, 0.05) is 32.3 Å². The average molecular weight is 440 g/mol. The Balaban J connectivity index is 1.70. The monoisotopic (exact) mass is 439 g/mol. The molecule has 0 radical (unpaired) electrons. The number of benzene rings is 1. The fraction of sp³-hybridized carbons (Fsp3) is 0.480. The van der Waals surface area contributed by atoms with Crippen LogP contribution >= 0.6 is 0 Å². The van der Waals surface area contributed by atoms with E-state index in [1.807, 2.05) is 63.4 Å². The van der Waals surface area contributed by atoms with Gasteiger partial charge in [-0.15, -0.1) is 0 Å². The molecule has 1 aliphatic heterocycles. The van der Waals surface area contributed by atoms with Crippen LogP contribution in [0.4, 0.5) is 4.79 Å². The maximum atomic E-state index is 13.4. The highest BCUT2D eigenvalue weighted by Crippen LogP contribution is 2.31. The van der Waals surface area contributed by atoms with Crippen molar-refractivity contribution in [1.82, 2.24) is 14.8 Å². The zero-order chi connectivity index (χ0) is 23.1. The number of carbonyl (C=O) groups excluding carboxylic acids is 2. The number of likely N-dealkylation sites (tertiary alicyclic amines) is 1. The summed E-state index contributed by atoms with van der Waals surface area (Å²) in [4.78, 5) is 33.7. The summed E-state index contributed by atoms with van der Waals surface area (Å²) in [6.07, 6.45) is 2.70. The molecule has 0 saturated carbocycles. The summed E-state index contributed by atoms with van der Waals surface area (Å²) < 4.78 is 10.6. The molecule has 0 spiro atoms. The lowest BCUT2D eigenvalue weighted by Crippen LogP contribution is -2.44. The molecule has 0 bridgehead atoms. The third-order valence-corrected chi connectivity index (χ3v) is 5.78. The third kappa shape index (κ3) is 5.78. The van der Waals surface area contributed by atoms with Crippen molar-refractivity contribution < 1.29 is 19.1 Å². The van der Waals surface area contributed by atoms with Gasteiger partial charge < -0.3 is 19.3 Å². The fourth-order valence-corrected chi connectivity index (χ4v) is 3.97. The molecule has 1 aromatic heterocycles. The van der Waals surface area contributed by atoms with Gasteiger partial charge in [0.1, 0.15) is 5.75 Å². The number of aromatic nitrogens is 1. The molecule has 1 unspecified atom stereocenters. The van der Waals surface area contributed by atoms with Gasteiger partial charge in [0.2, 0.25) is 5.91 Å². The lowest BCUT2D eigenvalue weighted by molar-refractivity contribution is -0.137. The van der Waals surface area contributed by atoms with E-state index in [4.69, 9.17) is 9.47 Å². The topological polar surface area (TPSA) is 72.0 Å². The van der Waals surface area contributed by atoms with E-state index in [1.54, 1.807) is 23.1 Å². The van der Waals surface area contributed by atoms with Crippen LogP contribution < -0.4 is 4.74 Å². The summed E-state index contributed by atoms with van der Waals surface area (Å²) in [6, 6.07) is 13.2. The number of piperidine rings is 1. The lowest BCUT2D eigenvalue weighted by atomic mass is 9.93. The molecule has 2 aromatic rings. The number of rotatable bonds is 7. The van der Waals surface area contributed by atoms with Gasteiger partial charge in [-0.3, -0.25) is 9.78 Å². The number of nitrogens with zero attached hydrogens (tertiary/aromatic N) is 3. The smallest absolute Gasteiger partial charge is 0.409 e. The first-order valence-electron chi connectivity index (χ1n) is 11.1. The molecule has 3 rings (SSSR count). The van der Waals surface area contributed by atoms with Gasteiger partial charge in [0.25, 0.3) is 0 Å². The van der Waals surface area contributed by atoms with Crippen molar-refractivity contribution in [2.75, 3.05) is 33.9 Å². The molecule has 1 atom stereocenters. The minimum Gasteiger partial charge on any atom is -0.497 e. The Hall–Kier alpha value is -3.09. The van der Waals surface area contributed by atoms with Crippen molar-refractivity contribution in [3.05, 3.63) is 59.9 Å². The molecule has 1 aromatic carbocycles. The van der Waals surface area contributed by atoms with Crippen LogP contribution in [-0.4, -0.2) is 60.6 Å². The normalized spacial score (nSPS) is 15.3. The summed E-state index contributed by atoms with van der Waals surface area (Å²) in [5, 5.41) is 0. The quantitative estimate of drug-likeness (QED) is 0.648. The summed E-state index contributed by atoms with van der Waals surface area (Å²) in [6.45, 7) is 5.48. The molecular formula is C25H33N3O4. The molecule has 2 heterocycles. The number of hydrogen-bond donors (Lipinski definition) is 0. The van der Waals surface area contributed by atoms with Crippen LogP contribution in [0.5, 0.6) is 5.75 Å². The van der Waals surface area contributed by atoms with Crippen molar-refractivity contribution in [1.29, 1.82) is 0 Å². The number of amides is 2. The Morgan fingerprint density at radius 2 is 1.81 bits per heavy atom. The van der Waals surface area contributed by atoms with Crippen molar-refractivity contribution in [3.63, 3.8) is 0 Å². The number of hydrogen-bond acceptors (Lipinski definition) is 5. The van der Waals surface area contributed by atoms with Crippen molar-refractivity contribution in [2.45, 2.75) is 32.7 Å². The maximum absolute atomic E-state index is 13.4. The fourth-order valence-electron chi connectivity index (χ4n) is 3.97. The SMILES string of the molecule is COc1ccc(C(c2ccccn2)N(C)C(=O)C2CCN(C(=O)OCC(C)C)CC2)cc1. The number of ether oxygens (including phenoxy) is 2. The van der Waals surface area contributed by atoms with Crippen molar-refractivity contribution in [2.24, 2.45) is 11.8 Å². The van der Waals surface area contributed by atoms with E-state index < -0.39 is 0 Å². The van der Waals surface area contributed by atoms with Gasteiger partial charge >= 0.3 is 6.09 Å². The summed E-state index contributed by atoms with van der Waals surface area (Å²) >= 11 is 0. The Bertz CT molecular complexity index is 878. The van der Waals surface area contributed by atoms with Crippen molar-refractivity contribution in [3.8, 4) is 5.75 Å². The van der Waals surface area contributed by atoms with Crippen LogP contribution in [0.25, 0.3) is 0 Å². The van der Waals surface area contributed by atoms with Crippen LogP contribution in [0.2, 0.25) is 0 Å². The predicted molar refractivity (Wildman–Crippen MR) is 122 cm³/mol. The Kier molecular flexibility index (Phi) is 8.09. The lowest BCUT2D eigenvalue weighted by Gasteiger charge is -2.35. The van der Waals surface area contributed by atoms with Crippen molar-refractivity contribution >= 4 is 12.0 Å². The molecule has 1 saturated heterocycles. The first-order valence-corrected chi connectivity index (χ1v) is 11.1. The molecule has 0 aliphatic carbocycles. The number of pyridine rings is 1. The minimum absolute atomic E-state index is 0.0617. The van der Waals surface area contributed by atoms with Crippen LogP contribution in [0.15, 0.2) is 48.7 Å². The highest BCUT2D eigenvalue weighted by molar-refractivity contribution is 5.80. The van der Waals surface area contributed by atoms with E-state index in [0.29, 0.717) is 38.5 Å². The van der Waals surface area contributed by atoms with Gasteiger partial charge in [0.15, 0.2) is 0 Å². The molecule has 0 N–H and O–H groups in total. The molecule has 172 valence electrons. The summed E-state index contributed by atoms with van der Waals surface area (Å²) in [7, 11) is 3.46. The zero-order valence-electron chi connectivity index (χ0n) is 19.4. The summed E-state index contributed by atoms with van der Waals surface area (Å²) in [5.74, 6) is 0.984. The minimum atomic E-state index is -0.302. The second kappa shape index (κ2) is 11.0. The van der Waals surface area contributed by atoms with Crippen LogP contribution in [0.3, 0.4) is 0 Å². The standard InChI is InChI=1S/C25H33N3O4/c1-18(2)17-32-25(30)28-15-12-20(13-16-28)24(29)27(3)23(22-7-5-6-14-26-22)19-8-10-21(31-4)11-9-19/h5-11,14,18,20,23H,12-13,15-17H2,1-4H3. The Morgan fingerprint density at radius 3 is 2.38 bits per heavy atom. The molecule has 7 nitrogen and oxygen atoms in total. The van der Waals surface area contributed by atoms with E-state index in [-0.39, 0.29) is 24.0 Å². The molecule has 1 fully saturated rings.